The molecule has 3 rings (SSSR count). The highest BCUT2D eigenvalue weighted by molar-refractivity contribution is 5.89. The lowest BCUT2D eigenvalue weighted by Crippen LogP contribution is -2.39. The maximum absolute atomic E-state index is 12.6. The molecule has 0 atom stereocenters. The second-order valence-corrected chi connectivity index (χ2v) is 6.50. The monoisotopic (exact) mass is 355 g/mol. The minimum Gasteiger partial charge on any atom is -0.475 e. The average molecular weight is 355 g/mol. The zero-order valence-corrected chi connectivity index (χ0v) is 15.5. The van der Waals surface area contributed by atoms with E-state index < -0.39 is 0 Å². The van der Waals surface area contributed by atoms with E-state index in [1.807, 2.05) is 42.2 Å². The first kappa shape index (κ1) is 18.2. The molecule has 0 saturated heterocycles. The molecule has 6 heteroatoms. The Hall–Kier alpha value is -2.60. The van der Waals surface area contributed by atoms with E-state index >= 15 is 0 Å². The fourth-order valence-electron chi connectivity index (χ4n) is 2.90. The number of aromatic nitrogens is 1. The number of carbonyl (C=O) groups excluding carboxylic acids is 1. The van der Waals surface area contributed by atoms with Gasteiger partial charge in [-0.15, -0.1) is 0 Å². The lowest BCUT2D eigenvalue weighted by molar-refractivity contribution is 0.143. The van der Waals surface area contributed by atoms with Gasteiger partial charge in [0.2, 0.25) is 5.88 Å². The third-order valence-corrected chi connectivity index (χ3v) is 4.61. The number of methoxy groups -OCH3 is 1. The van der Waals surface area contributed by atoms with Gasteiger partial charge in [0.05, 0.1) is 12.3 Å². The topological polar surface area (TPSA) is 63.7 Å². The number of anilines is 1. The summed E-state index contributed by atoms with van der Waals surface area (Å²) in [5.41, 5.74) is 5.26. The molecule has 2 aromatic rings. The van der Waals surface area contributed by atoms with Gasteiger partial charge >= 0.3 is 6.03 Å². The van der Waals surface area contributed by atoms with Gasteiger partial charge in [0.15, 0.2) is 0 Å². The Morgan fingerprint density at radius 3 is 2.81 bits per heavy atom. The highest BCUT2D eigenvalue weighted by Gasteiger charge is 2.22. The van der Waals surface area contributed by atoms with Crippen molar-refractivity contribution < 1.29 is 14.3 Å². The number of rotatable bonds is 5. The Morgan fingerprint density at radius 2 is 2.04 bits per heavy atom. The van der Waals surface area contributed by atoms with Crippen molar-refractivity contribution >= 4 is 11.7 Å². The molecule has 0 fully saturated rings. The lowest BCUT2D eigenvalue weighted by Gasteiger charge is -2.28. The number of benzene rings is 1. The molecule has 1 N–H and O–H groups in total. The largest absolute Gasteiger partial charge is 0.475 e. The van der Waals surface area contributed by atoms with Gasteiger partial charge in [-0.3, -0.25) is 0 Å². The van der Waals surface area contributed by atoms with Crippen molar-refractivity contribution in [2.24, 2.45) is 0 Å². The van der Waals surface area contributed by atoms with E-state index in [1.54, 1.807) is 7.11 Å². The van der Waals surface area contributed by atoms with Gasteiger partial charge in [0.1, 0.15) is 6.61 Å². The quantitative estimate of drug-likeness (QED) is 0.836. The van der Waals surface area contributed by atoms with Crippen LogP contribution in [0.5, 0.6) is 5.88 Å². The molecule has 0 aliphatic carbocycles. The van der Waals surface area contributed by atoms with Crippen LogP contribution in [-0.2, 0) is 17.7 Å². The van der Waals surface area contributed by atoms with Crippen LogP contribution in [-0.4, -0.2) is 42.8 Å². The van der Waals surface area contributed by atoms with Crippen molar-refractivity contribution in [1.29, 1.82) is 0 Å². The zero-order valence-electron chi connectivity index (χ0n) is 15.5. The first-order chi connectivity index (χ1) is 12.6. The summed E-state index contributed by atoms with van der Waals surface area (Å²) in [5, 5.41) is 2.98. The number of aryl methyl sites for hydroxylation is 2. The number of carbonyl (C=O) groups is 1. The highest BCUT2D eigenvalue weighted by Crippen LogP contribution is 2.22. The highest BCUT2D eigenvalue weighted by atomic mass is 16.5. The summed E-state index contributed by atoms with van der Waals surface area (Å²) in [6.07, 6.45) is 0.719. The molecule has 138 valence electrons. The molecule has 1 aromatic carbocycles. The van der Waals surface area contributed by atoms with Crippen molar-refractivity contribution in [3.8, 4) is 5.88 Å². The molecular formula is C20H25N3O3. The zero-order chi connectivity index (χ0) is 18.5. The van der Waals surface area contributed by atoms with Crippen LogP contribution in [0.3, 0.4) is 0 Å². The van der Waals surface area contributed by atoms with Gasteiger partial charge in [-0.05, 0) is 42.7 Å². The smallest absolute Gasteiger partial charge is 0.322 e. The molecule has 2 heterocycles. The van der Waals surface area contributed by atoms with Crippen LogP contribution in [0.2, 0.25) is 0 Å². The molecule has 26 heavy (non-hydrogen) atoms. The number of hydrogen-bond acceptors (Lipinski definition) is 4. The molecule has 1 aromatic heterocycles. The molecule has 2 amide bonds. The molecule has 0 spiro atoms. The van der Waals surface area contributed by atoms with E-state index in [2.05, 4.69) is 17.2 Å². The maximum Gasteiger partial charge on any atom is 0.322 e. The standard InChI is InChI=1S/C20H25N3O3/c1-14-4-6-17(12-15(14)2)21-20(24)23-9-8-18-16(13-23)5-7-19(22-18)26-11-10-25-3/h4-7,12H,8-11,13H2,1-3H3,(H,21,24). The lowest BCUT2D eigenvalue weighted by atomic mass is 10.1. The summed E-state index contributed by atoms with van der Waals surface area (Å²) in [5.74, 6) is 0.605. The number of nitrogens with one attached hydrogen (secondary N) is 1. The van der Waals surface area contributed by atoms with Crippen LogP contribution >= 0.6 is 0 Å². The molecule has 0 radical (unpaired) electrons. The molecule has 6 nitrogen and oxygen atoms in total. The van der Waals surface area contributed by atoms with Crippen LogP contribution in [0.25, 0.3) is 0 Å². The van der Waals surface area contributed by atoms with Crippen LogP contribution in [0.1, 0.15) is 22.4 Å². The molecule has 0 unspecified atom stereocenters. The second kappa shape index (κ2) is 8.19. The van der Waals surface area contributed by atoms with Gasteiger partial charge in [0.25, 0.3) is 0 Å². The van der Waals surface area contributed by atoms with E-state index in [4.69, 9.17) is 9.47 Å². The molecular weight excluding hydrogens is 330 g/mol. The first-order valence-electron chi connectivity index (χ1n) is 8.80. The Bertz CT molecular complexity index is 792. The van der Waals surface area contributed by atoms with E-state index in [9.17, 15) is 4.79 Å². The van der Waals surface area contributed by atoms with Gasteiger partial charge in [-0.25, -0.2) is 9.78 Å². The van der Waals surface area contributed by atoms with Crippen LogP contribution in [0.15, 0.2) is 30.3 Å². The third kappa shape index (κ3) is 4.32. The predicted octanol–water partition coefficient (Wildman–Crippen LogP) is 3.31. The van der Waals surface area contributed by atoms with Crippen molar-refractivity contribution in [3.63, 3.8) is 0 Å². The summed E-state index contributed by atoms with van der Waals surface area (Å²) in [6, 6.07) is 9.70. The van der Waals surface area contributed by atoms with Gasteiger partial charge in [-0.2, -0.15) is 0 Å². The van der Waals surface area contributed by atoms with Crippen molar-refractivity contribution in [3.05, 3.63) is 52.7 Å². The predicted molar refractivity (Wildman–Crippen MR) is 101 cm³/mol. The average Bonchev–Trinajstić information content (AvgIpc) is 2.64. The normalized spacial score (nSPS) is 13.3. The maximum atomic E-state index is 12.6. The van der Waals surface area contributed by atoms with Crippen LogP contribution < -0.4 is 10.1 Å². The van der Waals surface area contributed by atoms with Crippen molar-refractivity contribution in [1.82, 2.24) is 9.88 Å². The number of nitrogens with zero attached hydrogens (tertiary/aromatic N) is 2. The number of ether oxygens (including phenoxy) is 2. The summed E-state index contributed by atoms with van der Waals surface area (Å²) >= 11 is 0. The Kier molecular flexibility index (Phi) is 5.73. The summed E-state index contributed by atoms with van der Waals surface area (Å²) in [6.45, 7) is 6.30. The van der Waals surface area contributed by atoms with E-state index in [-0.39, 0.29) is 6.03 Å². The summed E-state index contributed by atoms with van der Waals surface area (Å²) in [4.78, 5) is 18.9. The SMILES string of the molecule is COCCOc1ccc2c(n1)CCN(C(=O)Nc1ccc(C)c(C)c1)C2. The minimum absolute atomic E-state index is 0.0840. The Balaban J connectivity index is 1.62. The first-order valence-corrected chi connectivity index (χ1v) is 8.80. The van der Waals surface area contributed by atoms with Crippen molar-refractivity contribution in [2.45, 2.75) is 26.8 Å². The van der Waals surface area contributed by atoms with Gasteiger partial charge in [-0.1, -0.05) is 12.1 Å². The third-order valence-electron chi connectivity index (χ3n) is 4.61. The van der Waals surface area contributed by atoms with Gasteiger partial charge in [0, 0.05) is 38.4 Å². The van der Waals surface area contributed by atoms with Crippen LogP contribution in [0, 0.1) is 13.8 Å². The fraction of sp³-hybridized carbons (Fsp3) is 0.400. The number of pyridine rings is 1. The van der Waals surface area contributed by atoms with E-state index in [0.29, 0.717) is 32.2 Å². The van der Waals surface area contributed by atoms with E-state index in [1.165, 1.54) is 5.56 Å². The second-order valence-electron chi connectivity index (χ2n) is 6.50. The van der Waals surface area contributed by atoms with Crippen molar-refractivity contribution in [2.75, 3.05) is 32.2 Å². The molecule has 0 bridgehead atoms. The van der Waals surface area contributed by atoms with E-state index in [0.717, 1.165) is 28.9 Å². The fourth-order valence-corrected chi connectivity index (χ4v) is 2.90. The number of urea groups is 1. The number of fused-ring (bicyclic) bond motifs is 1. The summed E-state index contributed by atoms with van der Waals surface area (Å²) in [7, 11) is 1.64. The molecule has 1 aliphatic heterocycles. The molecule has 0 saturated carbocycles. The van der Waals surface area contributed by atoms with Gasteiger partial charge < -0.3 is 19.7 Å². The Morgan fingerprint density at radius 1 is 1.19 bits per heavy atom. The van der Waals surface area contributed by atoms with Crippen LogP contribution in [0.4, 0.5) is 10.5 Å². The Labute approximate surface area is 154 Å². The minimum atomic E-state index is -0.0840. The summed E-state index contributed by atoms with van der Waals surface area (Å²) < 4.78 is 10.5. The molecule has 1 aliphatic rings. The number of amides is 2. The number of hydrogen-bond donors (Lipinski definition) is 1.